The SMILES string of the molecule is COc1ccc2c(ccc3c4c(cc(C)c32)CCC4)c1. The molecule has 0 amide bonds. The van der Waals surface area contributed by atoms with Gasteiger partial charge in [-0.15, -0.1) is 0 Å². The first-order chi connectivity index (χ1) is 9.78. The number of methoxy groups -OCH3 is 1. The highest BCUT2D eigenvalue weighted by Crippen LogP contribution is 2.37. The Kier molecular flexibility index (Phi) is 2.50. The summed E-state index contributed by atoms with van der Waals surface area (Å²) in [6.45, 7) is 2.24. The zero-order valence-corrected chi connectivity index (χ0v) is 12.0. The van der Waals surface area contributed by atoms with Gasteiger partial charge < -0.3 is 4.74 Å². The summed E-state index contributed by atoms with van der Waals surface area (Å²) in [6.07, 6.45) is 3.77. The normalized spacial score (nSPS) is 13.9. The highest BCUT2D eigenvalue weighted by molar-refractivity contribution is 6.10. The van der Waals surface area contributed by atoms with Gasteiger partial charge in [-0.05, 0) is 76.6 Å². The molecule has 0 aromatic heterocycles. The Bertz CT molecular complexity index is 830. The van der Waals surface area contributed by atoms with Crippen LogP contribution in [0.25, 0.3) is 21.5 Å². The molecule has 4 rings (SSSR count). The van der Waals surface area contributed by atoms with Gasteiger partial charge >= 0.3 is 0 Å². The number of rotatable bonds is 1. The van der Waals surface area contributed by atoms with Crippen molar-refractivity contribution < 1.29 is 4.74 Å². The summed E-state index contributed by atoms with van der Waals surface area (Å²) in [7, 11) is 1.72. The molecule has 0 radical (unpaired) electrons. The molecule has 0 fully saturated rings. The Morgan fingerprint density at radius 2 is 1.80 bits per heavy atom. The summed E-state index contributed by atoms with van der Waals surface area (Å²) in [4.78, 5) is 0. The third-order valence-electron chi connectivity index (χ3n) is 4.60. The van der Waals surface area contributed by atoms with E-state index >= 15 is 0 Å². The Morgan fingerprint density at radius 1 is 0.950 bits per heavy atom. The highest BCUT2D eigenvalue weighted by Gasteiger charge is 2.16. The fourth-order valence-electron chi connectivity index (χ4n) is 3.68. The maximum absolute atomic E-state index is 5.34. The van der Waals surface area contributed by atoms with Crippen molar-refractivity contribution in [2.24, 2.45) is 0 Å². The molecule has 0 N–H and O–H groups in total. The highest BCUT2D eigenvalue weighted by atomic mass is 16.5. The van der Waals surface area contributed by atoms with Gasteiger partial charge in [0.2, 0.25) is 0 Å². The molecule has 0 saturated heterocycles. The van der Waals surface area contributed by atoms with E-state index in [1.807, 2.05) is 0 Å². The molecule has 3 aromatic carbocycles. The zero-order valence-electron chi connectivity index (χ0n) is 12.0. The largest absolute Gasteiger partial charge is 0.497 e. The average Bonchev–Trinajstić information content (AvgIpc) is 2.94. The van der Waals surface area contributed by atoms with Crippen molar-refractivity contribution in [3.63, 3.8) is 0 Å². The number of hydrogen-bond donors (Lipinski definition) is 0. The zero-order chi connectivity index (χ0) is 13.7. The molecule has 0 bridgehead atoms. The van der Waals surface area contributed by atoms with Gasteiger partial charge in [-0.2, -0.15) is 0 Å². The molecule has 0 saturated carbocycles. The topological polar surface area (TPSA) is 9.23 Å². The summed E-state index contributed by atoms with van der Waals surface area (Å²) in [5.74, 6) is 0.927. The van der Waals surface area contributed by atoms with Crippen LogP contribution in [0.15, 0.2) is 36.4 Å². The summed E-state index contributed by atoms with van der Waals surface area (Å²) in [6, 6.07) is 13.3. The second kappa shape index (κ2) is 4.24. The molecule has 1 aliphatic rings. The van der Waals surface area contributed by atoms with Crippen molar-refractivity contribution in [1.82, 2.24) is 0 Å². The molecular formula is C19H18O. The van der Waals surface area contributed by atoms with E-state index in [-0.39, 0.29) is 0 Å². The Balaban J connectivity index is 2.15. The van der Waals surface area contributed by atoms with E-state index in [9.17, 15) is 0 Å². The Labute approximate surface area is 119 Å². The first kappa shape index (κ1) is 11.8. The van der Waals surface area contributed by atoms with Gasteiger partial charge in [-0.3, -0.25) is 0 Å². The third kappa shape index (κ3) is 1.56. The molecule has 1 aliphatic carbocycles. The lowest BCUT2D eigenvalue weighted by Crippen LogP contribution is -1.91. The van der Waals surface area contributed by atoms with Crippen LogP contribution in [-0.2, 0) is 12.8 Å². The van der Waals surface area contributed by atoms with Crippen LogP contribution < -0.4 is 4.74 Å². The minimum atomic E-state index is 0.927. The van der Waals surface area contributed by atoms with Crippen LogP contribution in [0.5, 0.6) is 5.75 Å². The minimum Gasteiger partial charge on any atom is -0.497 e. The van der Waals surface area contributed by atoms with E-state index < -0.39 is 0 Å². The van der Waals surface area contributed by atoms with Crippen LogP contribution in [0.3, 0.4) is 0 Å². The number of ether oxygens (including phenoxy) is 1. The number of benzene rings is 3. The molecule has 3 aromatic rings. The fraction of sp³-hybridized carbons (Fsp3) is 0.263. The molecular weight excluding hydrogens is 244 g/mol. The number of aryl methyl sites for hydroxylation is 3. The van der Waals surface area contributed by atoms with Crippen LogP contribution >= 0.6 is 0 Å². The molecule has 0 aliphatic heterocycles. The van der Waals surface area contributed by atoms with Gasteiger partial charge in [-0.25, -0.2) is 0 Å². The molecule has 0 atom stereocenters. The van der Waals surface area contributed by atoms with Crippen LogP contribution in [0.1, 0.15) is 23.1 Å². The van der Waals surface area contributed by atoms with Gasteiger partial charge in [0.05, 0.1) is 7.11 Å². The van der Waals surface area contributed by atoms with E-state index in [0.717, 1.165) is 5.75 Å². The molecule has 0 spiro atoms. The van der Waals surface area contributed by atoms with E-state index in [0.29, 0.717) is 0 Å². The predicted molar refractivity (Wildman–Crippen MR) is 84.8 cm³/mol. The van der Waals surface area contributed by atoms with Gasteiger partial charge in [0.15, 0.2) is 0 Å². The first-order valence-corrected chi connectivity index (χ1v) is 7.30. The van der Waals surface area contributed by atoms with Gasteiger partial charge in [-0.1, -0.05) is 24.3 Å². The second-order valence-corrected chi connectivity index (χ2v) is 5.76. The molecule has 0 heterocycles. The average molecular weight is 262 g/mol. The first-order valence-electron chi connectivity index (χ1n) is 7.30. The van der Waals surface area contributed by atoms with E-state index in [1.54, 1.807) is 18.2 Å². The third-order valence-corrected chi connectivity index (χ3v) is 4.60. The molecule has 100 valence electrons. The summed E-state index contributed by atoms with van der Waals surface area (Å²) >= 11 is 0. The number of hydrogen-bond acceptors (Lipinski definition) is 1. The molecule has 0 unspecified atom stereocenters. The van der Waals surface area contributed by atoms with Crippen LogP contribution in [0.2, 0.25) is 0 Å². The van der Waals surface area contributed by atoms with Crippen LogP contribution in [-0.4, -0.2) is 7.11 Å². The van der Waals surface area contributed by atoms with Gasteiger partial charge in [0.1, 0.15) is 5.75 Å². The summed E-state index contributed by atoms with van der Waals surface area (Å²) in [5, 5.41) is 5.48. The van der Waals surface area contributed by atoms with E-state index in [2.05, 4.69) is 43.3 Å². The molecule has 1 nitrogen and oxygen atoms in total. The van der Waals surface area contributed by atoms with Gasteiger partial charge in [0, 0.05) is 0 Å². The Hall–Kier alpha value is -2.02. The maximum atomic E-state index is 5.34. The lowest BCUT2D eigenvalue weighted by Gasteiger charge is -2.12. The second-order valence-electron chi connectivity index (χ2n) is 5.76. The van der Waals surface area contributed by atoms with Crippen LogP contribution in [0.4, 0.5) is 0 Å². The fourth-order valence-corrected chi connectivity index (χ4v) is 3.68. The van der Waals surface area contributed by atoms with E-state index in [1.165, 1.54) is 46.4 Å². The lowest BCUT2D eigenvalue weighted by molar-refractivity contribution is 0.415. The maximum Gasteiger partial charge on any atom is 0.119 e. The number of fused-ring (bicyclic) bond motifs is 5. The van der Waals surface area contributed by atoms with Crippen molar-refractivity contribution in [3.05, 3.63) is 53.1 Å². The van der Waals surface area contributed by atoms with Crippen molar-refractivity contribution >= 4 is 21.5 Å². The summed E-state index contributed by atoms with van der Waals surface area (Å²) in [5.41, 5.74) is 4.53. The smallest absolute Gasteiger partial charge is 0.119 e. The molecule has 20 heavy (non-hydrogen) atoms. The quantitative estimate of drug-likeness (QED) is 0.572. The van der Waals surface area contributed by atoms with Crippen molar-refractivity contribution in [1.29, 1.82) is 0 Å². The Morgan fingerprint density at radius 3 is 2.65 bits per heavy atom. The molecule has 1 heteroatoms. The lowest BCUT2D eigenvalue weighted by atomic mass is 9.92. The summed E-state index contributed by atoms with van der Waals surface area (Å²) < 4.78 is 5.34. The van der Waals surface area contributed by atoms with Gasteiger partial charge in [0.25, 0.3) is 0 Å². The monoisotopic (exact) mass is 262 g/mol. The van der Waals surface area contributed by atoms with Crippen LogP contribution in [0, 0.1) is 6.92 Å². The predicted octanol–water partition coefficient (Wildman–Crippen LogP) is 4.80. The van der Waals surface area contributed by atoms with Crippen molar-refractivity contribution in [2.45, 2.75) is 26.2 Å². The minimum absolute atomic E-state index is 0.927. The van der Waals surface area contributed by atoms with Crippen molar-refractivity contribution in [2.75, 3.05) is 7.11 Å². The standard InChI is InChI=1S/C19H18O/c1-12-10-13-4-3-5-16(13)18-8-6-14-11-15(20-2)7-9-17(14)19(12)18/h6-11H,3-5H2,1-2H3. The van der Waals surface area contributed by atoms with E-state index in [4.69, 9.17) is 4.74 Å². The van der Waals surface area contributed by atoms with Crippen molar-refractivity contribution in [3.8, 4) is 5.75 Å².